The molecule has 10 heteroatoms. The molecule has 3 N–H and O–H groups in total. The first-order valence-corrected chi connectivity index (χ1v) is 11.6. The fourth-order valence-corrected chi connectivity index (χ4v) is 5.08. The van der Waals surface area contributed by atoms with E-state index in [1.54, 1.807) is 30.3 Å². The summed E-state index contributed by atoms with van der Waals surface area (Å²) in [5.74, 6) is -1.83. The van der Waals surface area contributed by atoms with Gasteiger partial charge < -0.3 is 10.6 Å². The van der Waals surface area contributed by atoms with Crippen molar-refractivity contribution in [1.29, 1.82) is 0 Å². The predicted octanol–water partition coefficient (Wildman–Crippen LogP) is 3.16. The third kappa shape index (κ3) is 5.68. The number of carbonyl (C=O) groups excluding carboxylic acids is 2. The molecule has 1 aromatic heterocycles. The zero-order valence-electron chi connectivity index (χ0n) is 16.5. The van der Waals surface area contributed by atoms with Gasteiger partial charge in [0.2, 0.25) is 0 Å². The third-order valence-electron chi connectivity index (χ3n) is 4.24. The number of hydrogen-bond donors (Lipinski definition) is 3. The maximum absolute atomic E-state index is 13.6. The summed E-state index contributed by atoms with van der Waals surface area (Å²) >= 11 is 0.993. The van der Waals surface area contributed by atoms with Gasteiger partial charge in [-0.2, -0.15) is 0 Å². The van der Waals surface area contributed by atoms with Gasteiger partial charge in [-0.25, -0.2) is 12.8 Å². The molecule has 0 radical (unpaired) electrons. The number of amides is 2. The Morgan fingerprint density at radius 1 is 0.935 bits per heavy atom. The van der Waals surface area contributed by atoms with Crippen molar-refractivity contribution >= 4 is 38.9 Å². The van der Waals surface area contributed by atoms with Crippen LogP contribution in [0.15, 0.2) is 64.9 Å². The van der Waals surface area contributed by atoms with E-state index in [4.69, 9.17) is 0 Å². The fraction of sp³-hybridized carbons (Fsp3) is 0.143. The standard InChI is InChI=1S/C21H20FN3O4S2/c1-14-6-8-15(9-7-14)25-31(28,29)18-10-13-30-19(18)21(27)24-12-11-23-20(26)16-4-2-3-5-17(16)22/h2-10,13,25H,11-12H2,1H3,(H,23,26)(H,24,27). The van der Waals surface area contributed by atoms with Gasteiger partial charge in [0.1, 0.15) is 15.6 Å². The summed E-state index contributed by atoms with van der Waals surface area (Å²) in [4.78, 5) is 24.3. The molecule has 0 saturated carbocycles. The van der Waals surface area contributed by atoms with Crippen molar-refractivity contribution in [2.45, 2.75) is 11.8 Å². The van der Waals surface area contributed by atoms with Gasteiger partial charge in [0.15, 0.2) is 0 Å². The maximum atomic E-state index is 13.6. The van der Waals surface area contributed by atoms with Gasteiger partial charge in [-0.05, 0) is 42.6 Å². The van der Waals surface area contributed by atoms with E-state index in [1.165, 1.54) is 29.6 Å². The van der Waals surface area contributed by atoms with Crippen LogP contribution < -0.4 is 15.4 Å². The third-order valence-corrected chi connectivity index (χ3v) is 6.71. The van der Waals surface area contributed by atoms with Crippen LogP contribution in [0.5, 0.6) is 0 Å². The molecule has 31 heavy (non-hydrogen) atoms. The van der Waals surface area contributed by atoms with Gasteiger partial charge in [-0.1, -0.05) is 29.8 Å². The highest BCUT2D eigenvalue weighted by atomic mass is 32.2. The molecule has 0 saturated heterocycles. The smallest absolute Gasteiger partial charge is 0.263 e. The second-order valence-electron chi connectivity index (χ2n) is 6.58. The Hall–Kier alpha value is -3.24. The van der Waals surface area contributed by atoms with Crippen molar-refractivity contribution in [2.75, 3.05) is 17.8 Å². The molecule has 1 heterocycles. The molecular formula is C21H20FN3O4S2. The highest BCUT2D eigenvalue weighted by Gasteiger charge is 2.24. The zero-order valence-corrected chi connectivity index (χ0v) is 18.1. The topological polar surface area (TPSA) is 104 Å². The molecule has 0 aliphatic rings. The van der Waals surface area contributed by atoms with E-state index in [-0.39, 0.29) is 28.4 Å². The lowest BCUT2D eigenvalue weighted by atomic mass is 10.2. The lowest BCUT2D eigenvalue weighted by molar-refractivity contribution is 0.0926. The zero-order chi connectivity index (χ0) is 22.4. The molecule has 3 rings (SSSR count). The predicted molar refractivity (Wildman–Crippen MR) is 117 cm³/mol. The molecule has 0 atom stereocenters. The molecule has 0 bridgehead atoms. The summed E-state index contributed by atoms with van der Waals surface area (Å²) in [7, 11) is -3.96. The van der Waals surface area contributed by atoms with E-state index in [2.05, 4.69) is 15.4 Å². The molecule has 3 aromatic rings. The number of halogens is 1. The van der Waals surface area contributed by atoms with Crippen molar-refractivity contribution in [3.63, 3.8) is 0 Å². The van der Waals surface area contributed by atoms with E-state index in [0.717, 1.165) is 16.9 Å². The summed E-state index contributed by atoms with van der Waals surface area (Å²) in [6.07, 6.45) is 0. The average Bonchev–Trinajstić information content (AvgIpc) is 3.24. The van der Waals surface area contributed by atoms with Crippen LogP contribution in [-0.4, -0.2) is 33.3 Å². The van der Waals surface area contributed by atoms with Crippen molar-refractivity contribution in [1.82, 2.24) is 10.6 Å². The first kappa shape index (κ1) is 22.4. The minimum atomic E-state index is -3.96. The maximum Gasteiger partial charge on any atom is 0.263 e. The van der Waals surface area contributed by atoms with Gasteiger partial charge in [0.25, 0.3) is 21.8 Å². The van der Waals surface area contributed by atoms with Crippen molar-refractivity contribution in [3.8, 4) is 0 Å². The molecule has 2 amide bonds. The molecule has 0 fully saturated rings. The van der Waals surface area contributed by atoms with Gasteiger partial charge in [0, 0.05) is 18.8 Å². The van der Waals surface area contributed by atoms with E-state index >= 15 is 0 Å². The molecule has 2 aromatic carbocycles. The SMILES string of the molecule is Cc1ccc(NS(=O)(=O)c2ccsc2C(=O)NCCNC(=O)c2ccccc2F)cc1. The average molecular weight is 462 g/mol. The largest absolute Gasteiger partial charge is 0.350 e. The number of rotatable bonds is 8. The van der Waals surface area contributed by atoms with Crippen molar-refractivity contribution in [2.24, 2.45) is 0 Å². The molecule has 0 aliphatic carbocycles. The highest BCUT2D eigenvalue weighted by molar-refractivity contribution is 7.93. The molecular weight excluding hydrogens is 441 g/mol. The van der Waals surface area contributed by atoms with Crippen LogP contribution >= 0.6 is 11.3 Å². The Bertz CT molecular complexity index is 1190. The Labute approximate surface area is 183 Å². The van der Waals surface area contributed by atoms with E-state index < -0.39 is 27.7 Å². The van der Waals surface area contributed by atoms with E-state index in [9.17, 15) is 22.4 Å². The quantitative estimate of drug-likeness (QED) is 0.448. The Kier molecular flexibility index (Phi) is 7.03. The summed E-state index contributed by atoms with van der Waals surface area (Å²) < 4.78 is 41.5. The van der Waals surface area contributed by atoms with Gasteiger partial charge in [0.05, 0.1) is 5.56 Å². The number of hydrogen-bond acceptors (Lipinski definition) is 5. The Morgan fingerprint density at radius 2 is 1.58 bits per heavy atom. The minimum Gasteiger partial charge on any atom is -0.350 e. The summed E-state index contributed by atoms with van der Waals surface area (Å²) in [5.41, 5.74) is 1.28. The number of sulfonamides is 1. The normalized spacial score (nSPS) is 11.0. The second-order valence-corrected chi connectivity index (χ2v) is 9.14. The Morgan fingerprint density at radius 3 is 2.26 bits per heavy atom. The number of nitrogens with one attached hydrogen (secondary N) is 3. The highest BCUT2D eigenvalue weighted by Crippen LogP contribution is 2.24. The minimum absolute atomic E-state index is 0.0278. The second kappa shape index (κ2) is 9.71. The molecule has 0 spiro atoms. The van der Waals surface area contributed by atoms with Crippen molar-refractivity contribution in [3.05, 3.63) is 81.8 Å². The lowest BCUT2D eigenvalue weighted by Gasteiger charge is -2.10. The van der Waals surface area contributed by atoms with Gasteiger partial charge in [-0.15, -0.1) is 11.3 Å². The number of aryl methyl sites for hydroxylation is 1. The fourth-order valence-electron chi connectivity index (χ4n) is 2.68. The van der Waals surface area contributed by atoms with Crippen LogP contribution in [0.25, 0.3) is 0 Å². The van der Waals surface area contributed by atoms with E-state index in [0.29, 0.717) is 5.69 Å². The van der Waals surface area contributed by atoms with Crippen LogP contribution in [0.1, 0.15) is 25.6 Å². The molecule has 7 nitrogen and oxygen atoms in total. The lowest BCUT2D eigenvalue weighted by Crippen LogP contribution is -2.35. The van der Waals surface area contributed by atoms with Gasteiger partial charge in [-0.3, -0.25) is 14.3 Å². The Balaban J connectivity index is 1.58. The number of benzene rings is 2. The van der Waals surface area contributed by atoms with E-state index in [1.807, 2.05) is 6.92 Å². The van der Waals surface area contributed by atoms with Crippen molar-refractivity contribution < 1.29 is 22.4 Å². The number of thiophene rings is 1. The number of carbonyl (C=O) groups is 2. The van der Waals surface area contributed by atoms with Crippen LogP contribution in [-0.2, 0) is 10.0 Å². The van der Waals surface area contributed by atoms with Crippen LogP contribution in [0, 0.1) is 12.7 Å². The van der Waals surface area contributed by atoms with Crippen LogP contribution in [0.2, 0.25) is 0 Å². The van der Waals surface area contributed by atoms with Crippen LogP contribution in [0.4, 0.5) is 10.1 Å². The van der Waals surface area contributed by atoms with Crippen LogP contribution in [0.3, 0.4) is 0 Å². The monoisotopic (exact) mass is 461 g/mol. The summed E-state index contributed by atoms with van der Waals surface area (Å²) in [6.45, 7) is 1.98. The summed E-state index contributed by atoms with van der Waals surface area (Å²) in [5, 5.41) is 6.58. The first-order chi connectivity index (χ1) is 14.8. The first-order valence-electron chi connectivity index (χ1n) is 9.26. The molecule has 0 aliphatic heterocycles. The molecule has 0 unspecified atom stereocenters. The molecule has 162 valence electrons. The number of anilines is 1. The van der Waals surface area contributed by atoms with Gasteiger partial charge >= 0.3 is 0 Å². The summed E-state index contributed by atoms with van der Waals surface area (Å²) in [6, 6.07) is 13.7.